The van der Waals surface area contributed by atoms with Crippen LogP contribution in [0.2, 0.25) is 0 Å². The van der Waals surface area contributed by atoms with Crippen molar-refractivity contribution in [3.63, 3.8) is 0 Å². The molecule has 110 valence electrons. The zero-order chi connectivity index (χ0) is 15.3. The molecular formula is C13H17IN2O4. The largest absolute Gasteiger partial charge is 0.480 e. The summed E-state index contributed by atoms with van der Waals surface area (Å²) in [6.07, 6.45) is 2.65. The number of amides is 1. The van der Waals surface area contributed by atoms with Crippen LogP contribution in [0.25, 0.3) is 0 Å². The highest BCUT2D eigenvalue weighted by Crippen LogP contribution is 2.10. The van der Waals surface area contributed by atoms with E-state index in [-0.39, 0.29) is 6.42 Å². The number of carboxylic acid groups (broad SMARTS) is 1. The number of carbonyl (C=O) groups excluding carboxylic acids is 1. The highest BCUT2D eigenvalue weighted by atomic mass is 127. The summed E-state index contributed by atoms with van der Waals surface area (Å²) in [4.78, 5) is 26.8. The number of hydrogen-bond acceptors (Lipinski definition) is 4. The van der Waals surface area contributed by atoms with Gasteiger partial charge in [-0.1, -0.05) is 0 Å². The normalized spacial score (nSPS) is 12.6. The minimum Gasteiger partial charge on any atom is -0.480 e. The number of nitrogens with one attached hydrogen (secondary N) is 1. The number of carboxylic acids is 1. The van der Waals surface area contributed by atoms with Crippen LogP contribution in [0, 0.1) is 3.57 Å². The van der Waals surface area contributed by atoms with Gasteiger partial charge in [0.05, 0.1) is 0 Å². The van der Waals surface area contributed by atoms with E-state index in [1.807, 2.05) is 6.07 Å². The first-order chi connectivity index (χ1) is 9.17. The Labute approximate surface area is 131 Å². The van der Waals surface area contributed by atoms with Gasteiger partial charge in [0.15, 0.2) is 0 Å². The second-order valence-electron chi connectivity index (χ2n) is 5.25. The van der Waals surface area contributed by atoms with E-state index >= 15 is 0 Å². The molecule has 1 aromatic heterocycles. The Hall–Kier alpha value is -1.38. The van der Waals surface area contributed by atoms with Gasteiger partial charge in [0.25, 0.3) is 0 Å². The molecular weight excluding hydrogens is 375 g/mol. The molecule has 0 saturated carbocycles. The lowest BCUT2D eigenvalue weighted by atomic mass is 10.1. The zero-order valence-corrected chi connectivity index (χ0v) is 13.7. The number of rotatable bonds is 4. The summed E-state index contributed by atoms with van der Waals surface area (Å²) in [6, 6.07) is 0.769. The molecule has 0 radical (unpaired) electrons. The van der Waals surface area contributed by atoms with Crippen LogP contribution in [0.3, 0.4) is 0 Å². The first-order valence-corrected chi connectivity index (χ1v) is 7.07. The number of carbonyl (C=O) groups is 2. The molecule has 0 spiro atoms. The van der Waals surface area contributed by atoms with E-state index < -0.39 is 23.7 Å². The quantitative estimate of drug-likeness (QED) is 0.768. The number of ether oxygens (including phenoxy) is 1. The fourth-order valence-electron chi connectivity index (χ4n) is 1.45. The van der Waals surface area contributed by atoms with Crippen molar-refractivity contribution in [1.82, 2.24) is 10.3 Å². The van der Waals surface area contributed by atoms with Crippen molar-refractivity contribution in [1.29, 1.82) is 0 Å². The summed E-state index contributed by atoms with van der Waals surface area (Å²) in [5.74, 6) is -1.12. The zero-order valence-electron chi connectivity index (χ0n) is 11.5. The summed E-state index contributed by atoms with van der Waals surface area (Å²) < 4.78 is 5.95. The number of aromatic nitrogens is 1. The molecule has 0 fully saturated rings. The minimum atomic E-state index is -1.12. The number of alkyl carbamates (subject to hydrolysis) is 1. The molecule has 0 aliphatic rings. The van der Waals surface area contributed by atoms with E-state index in [9.17, 15) is 9.59 Å². The van der Waals surface area contributed by atoms with Gasteiger partial charge < -0.3 is 15.2 Å². The standard InChI is InChI=1S/C13H17IN2O4/c1-13(2,3)20-12(19)16-10(11(17)18)5-8-4-9(14)7-15-6-8/h4,6-7,10H,5H2,1-3H3,(H,16,19)(H,17,18). The summed E-state index contributed by atoms with van der Waals surface area (Å²) in [6.45, 7) is 5.14. The summed E-state index contributed by atoms with van der Waals surface area (Å²) >= 11 is 2.09. The molecule has 7 heteroatoms. The van der Waals surface area contributed by atoms with Gasteiger partial charge in [0.2, 0.25) is 0 Å². The fourth-order valence-corrected chi connectivity index (χ4v) is 2.01. The predicted molar refractivity (Wildman–Crippen MR) is 81.5 cm³/mol. The molecule has 0 aliphatic heterocycles. The van der Waals surface area contributed by atoms with Crippen molar-refractivity contribution in [2.24, 2.45) is 0 Å². The van der Waals surface area contributed by atoms with Gasteiger partial charge in [-0.25, -0.2) is 9.59 Å². The second-order valence-corrected chi connectivity index (χ2v) is 6.50. The van der Waals surface area contributed by atoms with Crippen LogP contribution < -0.4 is 5.32 Å². The highest BCUT2D eigenvalue weighted by Gasteiger charge is 2.24. The lowest BCUT2D eigenvalue weighted by Gasteiger charge is -2.22. The Kier molecular flexibility index (Phi) is 5.73. The molecule has 20 heavy (non-hydrogen) atoms. The van der Waals surface area contributed by atoms with Crippen LogP contribution >= 0.6 is 22.6 Å². The second kappa shape index (κ2) is 6.87. The van der Waals surface area contributed by atoms with Gasteiger partial charge in [0, 0.05) is 22.4 Å². The van der Waals surface area contributed by atoms with Gasteiger partial charge in [0.1, 0.15) is 11.6 Å². The smallest absolute Gasteiger partial charge is 0.408 e. The van der Waals surface area contributed by atoms with E-state index in [1.54, 1.807) is 33.2 Å². The van der Waals surface area contributed by atoms with Crippen LogP contribution in [0.5, 0.6) is 0 Å². The minimum absolute atomic E-state index is 0.151. The molecule has 2 N–H and O–H groups in total. The van der Waals surface area contributed by atoms with E-state index in [2.05, 4.69) is 32.9 Å². The molecule has 0 aromatic carbocycles. The van der Waals surface area contributed by atoms with Crippen LogP contribution in [-0.4, -0.2) is 33.8 Å². The van der Waals surface area contributed by atoms with E-state index in [0.717, 1.165) is 9.13 Å². The average molecular weight is 392 g/mol. The molecule has 1 rings (SSSR count). The van der Waals surface area contributed by atoms with Crippen LogP contribution in [-0.2, 0) is 16.0 Å². The summed E-state index contributed by atoms with van der Waals surface area (Å²) in [7, 11) is 0. The first-order valence-electron chi connectivity index (χ1n) is 5.99. The van der Waals surface area contributed by atoms with E-state index in [4.69, 9.17) is 9.84 Å². The van der Waals surface area contributed by atoms with Crippen molar-refractivity contribution in [2.45, 2.75) is 38.8 Å². The third-order valence-corrected chi connectivity index (χ3v) is 2.78. The molecule has 0 aliphatic carbocycles. The van der Waals surface area contributed by atoms with E-state index in [0.29, 0.717) is 0 Å². The monoisotopic (exact) mass is 392 g/mol. The molecule has 1 amide bonds. The first kappa shape index (κ1) is 16.7. The molecule has 1 aromatic rings. The van der Waals surface area contributed by atoms with Gasteiger partial charge in [-0.05, 0) is 55.0 Å². The fraction of sp³-hybridized carbons (Fsp3) is 0.462. The maximum atomic E-state index is 11.6. The maximum Gasteiger partial charge on any atom is 0.408 e. The van der Waals surface area contributed by atoms with Crippen molar-refractivity contribution < 1.29 is 19.4 Å². The topological polar surface area (TPSA) is 88.5 Å². The lowest BCUT2D eigenvalue weighted by Crippen LogP contribution is -2.44. The number of hydrogen-bond donors (Lipinski definition) is 2. The Bertz CT molecular complexity index is 499. The molecule has 1 atom stereocenters. The number of halogens is 1. The Morgan fingerprint density at radius 3 is 2.60 bits per heavy atom. The summed E-state index contributed by atoms with van der Waals surface area (Å²) in [5.41, 5.74) is 0.0666. The molecule has 6 nitrogen and oxygen atoms in total. The molecule has 1 unspecified atom stereocenters. The van der Waals surface area contributed by atoms with Gasteiger partial charge >= 0.3 is 12.1 Å². The number of pyridine rings is 1. The van der Waals surface area contributed by atoms with Crippen molar-refractivity contribution in [3.05, 3.63) is 27.6 Å². The van der Waals surface area contributed by atoms with Crippen LogP contribution in [0.4, 0.5) is 4.79 Å². The van der Waals surface area contributed by atoms with Gasteiger partial charge in [-0.2, -0.15) is 0 Å². The SMILES string of the molecule is CC(C)(C)OC(=O)NC(Cc1cncc(I)c1)C(=O)O. The number of aliphatic carboxylic acids is 1. The highest BCUT2D eigenvalue weighted by molar-refractivity contribution is 14.1. The molecule has 0 saturated heterocycles. The number of nitrogens with zero attached hydrogens (tertiary/aromatic N) is 1. The van der Waals surface area contributed by atoms with Gasteiger partial charge in [-0.15, -0.1) is 0 Å². The average Bonchev–Trinajstić information content (AvgIpc) is 2.25. The van der Waals surface area contributed by atoms with E-state index in [1.165, 1.54) is 0 Å². The van der Waals surface area contributed by atoms with Gasteiger partial charge in [-0.3, -0.25) is 4.98 Å². The predicted octanol–water partition coefficient (Wildman–Crippen LogP) is 2.21. The Morgan fingerprint density at radius 1 is 1.45 bits per heavy atom. The van der Waals surface area contributed by atoms with Crippen LogP contribution in [0.1, 0.15) is 26.3 Å². The summed E-state index contributed by atoms with van der Waals surface area (Å²) in [5, 5.41) is 11.5. The van der Waals surface area contributed by atoms with Crippen molar-refractivity contribution >= 4 is 34.7 Å². The lowest BCUT2D eigenvalue weighted by molar-refractivity contribution is -0.139. The Balaban J connectivity index is 2.71. The van der Waals surface area contributed by atoms with Crippen LogP contribution in [0.15, 0.2) is 18.5 Å². The third kappa shape index (κ3) is 6.18. The molecule has 1 heterocycles. The maximum absolute atomic E-state index is 11.6. The van der Waals surface area contributed by atoms with Crippen molar-refractivity contribution in [3.8, 4) is 0 Å². The Morgan fingerprint density at radius 2 is 2.10 bits per heavy atom. The van der Waals surface area contributed by atoms with Crippen molar-refractivity contribution in [2.75, 3.05) is 0 Å². The molecule has 0 bridgehead atoms. The third-order valence-electron chi connectivity index (χ3n) is 2.19.